The van der Waals surface area contributed by atoms with Crippen molar-refractivity contribution >= 4 is 23.6 Å². The number of H-pyrrole nitrogens is 1. The maximum Gasteiger partial charge on any atom is 0.296 e. The number of para-hydroxylation sites is 1. The van der Waals surface area contributed by atoms with Gasteiger partial charge in [-0.2, -0.15) is 0 Å². The minimum Gasteiger partial charge on any atom is -0.491 e. The van der Waals surface area contributed by atoms with Crippen molar-refractivity contribution in [3.05, 3.63) is 78.2 Å². The number of nitrogens with one attached hydrogen (secondary N) is 2. The second-order valence-electron chi connectivity index (χ2n) is 8.74. The minimum atomic E-state index is -1.44. The number of methoxy groups -OCH3 is 1. The van der Waals surface area contributed by atoms with Crippen molar-refractivity contribution in [1.82, 2.24) is 20.2 Å². The van der Waals surface area contributed by atoms with Crippen molar-refractivity contribution < 1.29 is 19.2 Å². The van der Waals surface area contributed by atoms with Crippen LogP contribution in [0.15, 0.2) is 67.0 Å². The zero-order valence-electron chi connectivity index (χ0n) is 18.9. The maximum atomic E-state index is 13.8. The number of hydroxylamine groups is 1. The highest BCUT2D eigenvalue weighted by Gasteiger charge is 2.77. The van der Waals surface area contributed by atoms with Crippen LogP contribution >= 0.6 is 0 Å². The van der Waals surface area contributed by atoms with Gasteiger partial charge in [-0.15, -0.1) is 6.58 Å². The second kappa shape index (κ2) is 6.82. The van der Waals surface area contributed by atoms with Crippen molar-refractivity contribution in [3.8, 4) is 0 Å². The first-order valence-electron chi connectivity index (χ1n) is 10.5. The van der Waals surface area contributed by atoms with E-state index in [0.29, 0.717) is 5.69 Å². The maximum absolute atomic E-state index is 13.8. The standard InChI is InChI=1S/C24H25N5O4/c1-6-22(2,3)23-12-19(32-4)21(31)28-18(11-15-13-25-14-26-15)20(30)27-24(23,28)29(33-5)17-10-8-7-9-16(17)23/h6-14H,1H2,2-5H3,(H,25,26)(H,27,30)/b18-11+/t23-,24-/m0/s1. The van der Waals surface area contributed by atoms with Gasteiger partial charge in [0.25, 0.3) is 11.8 Å². The summed E-state index contributed by atoms with van der Waals surface area (Å²) >= 11 is 0. The molecule has 2 N–H and O–H groups in total. The Morgan fingerprint density at radius 3 is 2.61 bits per heavy atom. The van der Waals surface area contributed by atoms with Gasteiger partial charge in [0.1, 0.15) is 5.70 Å². The Kier molecular flexibility index (Phi) is 4.35. The summed E-state index contributed by atoms with van der Waals surface area (Å²) in [6.07, 6.45) is 8.29. The molecule has 0 saturated carbocycles. The van der Waals surface area contributed by atoms with E-state index in [9.17, 15) is 9.59 Å². The largest absolute Gasteiger partial charge is 0.491 e. The van der Waals surface area contributed by atoms with E-state index in [1.807, 2.05) is 44.2 Å². The molecule has 0 unspecified atom stereocenters. The van der Waals surface area contributed by atoms with Crippen molar-refractivity contribution in [2.24, 2.45) is 5.41 Å². The van der Waals surface area contributed by atoms with Crippen LogP contribution < -0.4 is 10.4 Å². The highest BCUT2D eigenvalue weighted by Crippen LogP contribution is 2.65. The summed E-state index contributed by atoms with van der Waals surface area (Å²) in [5.41, 5.74) is 0.636. The number of hydrogen-bond acceptors (Lipinski definition) is 6. The molecule has 2 aromatic rings. The van der Waals surface area contributed by atoms with E-state index in [1.165, 1.54) is 25.4 Å². The molecule has 3 aliphatic rings. The average Bonchev–Trinajstić information content (AvgIpc) is 3.48. The number of anilines is 1. The van der Waals surface area contributed by atoms with E-state index in [4.69, 9.17) is 9.57 Å². The first-order chi connectivity index (χ1) is 15.8. The van der Waals surface area contributed by atoms with Crippen LogP contribution in [0.1, 0.15) is 25.1 Å². The number of amides is 2. The third-order valence-corrected chi connectivity index (χ3v) is 6.98. The average molecular weight is 447 g/mol. The monoisotopic (exact) mass is 447 g/mol. The number of rotatable bonds is 5. The topological polar surface area (TPSA) is 99.8 Å². The van der Waals surface area contributed by atoms with Crippen LogP contribution in [0.5, 0.6) is 0 Å². The van der Waals surface area contributed by atoms with Crippen LogP contribution in [-0.2, 0) is 24.6 Å². The number of hydrogen-bond donors (Lipinski definition) is 2. The molecule has 0 bridgehead atoms. The van der Waals surface area contributed by atoms with Gasteiger partial charge >= 0.3 is 0 Å². The van der Waals surface area contributed by atoms with Crippen molar-refractivity contribution in [2.45, 2.75) is 25.0 Å². The molecule has 170 valence electrons. The van der Waals surface area contributed by atoms with Gasteiger partial charge in [0, 0.05) is 5.41 Å². The van der Waals surface area contributed by atoms with Crippen molar-refractivity contribution in [3.63, 3.8) is 0 Å². The van der Waals surface area contributed by atoms with Gasteiger partial charge in [-0.25, -0.2) is 10.0 Å². The highest BCUT2D eigenvalue weighted by molar-refractivity contribution is 6.10. The number of aromatic nitrogens is 2. The van der Waals surface area contributed by atoms with Gasteiger partial charge in [-0.3, -0.25) is 19.3 Å². The predicted molar refractivity (Wildman–Crippen MR) is 121 cm³/mol. The number of ether oxygens (including phenoxy) is 1. The Morgan fingerprint density at radius 1 is 1.21 bits per heavy atom. The fourth-order valence-corrected chi connectivity index (χ4v) is 5.42. The summed E-state index contributed by atoms with van der Waals surface area (Å²) in [6.45, 7) is 8.12. The molecule has 1 saturated heterocycles. The van der Waals surface area contributed by atoms with Gasteiger partial charge in [-0.05, 0) is 23.8 Å². The van der Waals surface area contributed by atoms with Crippen LogP contribution in [0.25, 0.3) is 6.08 Å². The summed E-state index contributed by atoms with van der Waals surface area (Å²) < 4.78 is 5.57. The highest BCUT2D eigenvalue weighted by atomic mass is 16.7. The number of allylic oxidation sites excluding steroid dienone is 1. The molecule has 33 heavy (non-hydrogen) atoms. The fraction of sp³-hybridized carbons (Fsp3) is 0.292. The lowest BCUT2D eigenvalue weighted by Crippen LogP contribution is -2.76. The molecule has 1 aromatic heterocycles. The van der Waals surface area contributed by atoms with Crippen LogP contribution in [0.2, 0.25) is 0 Å². The number of carbonyl (C=O) groups excluding carboxylic acids is 2. The quantitative estimate of drug-likeness (QED) is 0.540. The number of carbonyl (C=O) groups is 2. The molecule has 1 spiro atoms. The lowest BCUT2D eigenvalue weighted by atomic mass is 9.57. The Labute approximate surface area is 191 Å². The predicted octanol–water partition coefficient (Wildman–Crippen LogP) is 2.44. The molecule has 4 heterocycles. The lowest BCUT2D eigenvalue weighted by molar-refractivity contribution is -0.145. The van der Waals surface area contributed by atoms with Gasteiger partial charge in [-0.1, -0.05) is 38.1 Å². The summed E-state index contributed by atoms with van der Waals surface area (Å²) in [7, 11) is 2.97. The van der Waals surface area contributed by atoms with Crippen molar-refractivity contribution in [2.75, 3.05) is 19.3 Å². The van der Waals surface area contributed by atoms with E-state index < -0.39 is 28.4 Å². The molecule has 2 amide bonds. The summed E-state index contributed by atoms with van der Waals surface area (Å²) in [5, 5.41) is 4.71. The third-order valence-electron chi connectivity index (χ3n) is 6.98. The third kappa shape index (κ3) is 2.32. The Morgan fingerprint density at radius 2 is 1.97 bits per heavy atom. The van der Waals surface area contributed by atoms with E-state index in [-0.39, 0.29) is 11.5 Å². The van der Waals surface area contributed by atoms with Gasteiger partial charge in [0.05, 0.1) is 43.5 Å². The zero-order valence-corrected chi connectivity index (χ0v) is 18.9. The molecule has 0 aliphatic carbocycles. The second-order valence-corrected chi connectivity index (χ2v) is 8.74. The van der Waals surface area contributed by atoms with E-state index in [0.717, 1.165) is 11.3 Å². The number of fused-ring (bicyclic) bond motifs is 2. The molecule has 2 atom stereocenters. The summed E-state index contributed by atoms with van der Waals surface area (Å²) in [4.78, 5) is 41.6. The smallest absolute Gasteiger partial charge is 0.296 e. The zero-order chi connectivity index (χ0) is 23.6. The van der Waals surface area contributed by atoms with Crippen LogP contribution in [-0.4, -0.2) is 46.7 Å². The Balaban J connectivity index is 1.92. The van der Waals surface area contributed by atoms with Gasteiger partial charge in [0.15, 0.2) is 5.76 Å². The first-order valence-corrected chi connectivity index (χ1v) is 10.5. The molecular weight excluding hydrogens is 422 g/mol. The number of benzene rings is 1. The molecule has 3 aliphatic heterocycles. The summed E-state index contributed by atoms with van der Waals surface area (Å²) in [5.74, 6) is -2.21. The molecule has 9 heteroatoms. The number of aromatic amines is 1. The lowest BCUT2D eigenvalue weighted by Gasteiger charge is -2.56. The molecule has 0 radical (unpaired) electrons. The Hall–Kier alpha value is -3.85. The molecule has 5 rings (SSSR count). The number of imidazole rings is 1. The SMILES string of the molecule is C=CC(C)(C)[C@@]12C=C(OC)C(=O)N3/C(=C/c4cnc[nH]4)C(=O)N[C@]31N(OC)c1ccccc12. The minimum absolute atomic E-state index is 0.125. The van der Waals surface area contributed by atoms with Crippen molar-refractivity contribution in [1.29, 1.82) is 0 Å². The van der Waals surface area contributed by atoms with Crippen LogP contribution in [0.3, 0.4) is 0 Å². The molecule has 9 nitrogen and oxygen atoms in total. The fourth-order valence-electron chi connectivity index (χ4n) is 5.42. The van der Waals surface area contributed by atoms with Gasteiger partial charge in [0.2, 0.25) is 5.79 Å². The van der Waals surface area contributed by atoms with Crippen LogP contribution in [0, 0.1) is 5.41 Å². The van der Waals surface area contributed by atoms with E-state index >= 15 is 0 Å². The molecule has 1 fully saturated rings. The summed E-state index contributed by atoms with van der Waals surface area (Å²) in [6, 6.07) is 7.69. The molecular formula is C24H25N5O4. The van der Waals surface area contributed by atoms with Crippen LogP contribution in [0.4, 0.5) is 5.69 Å². The number of nitrogens with zero attached hydrogens (tertiary/aromatic N) is 3. The van der Waals surface area contributed by atoms with E-state index in [2.05, 4.69) is 21.9 Å². The normalized spacial score (nSPS) is 27.2. The van der Waals surface area contributed by atoms with E-state index in [1.54, 1.807) is 23.4 Å². The first kappa shape index (κ1) is 21.0. The Bertz CT molecular complexity index is 1230. The molecule has 1 aromatic carbocycles. The van der Waals surface area contributed by atoms with Gasteiger partial charge < -0.3 is 15.0 Å².